The van der Waals surface area contributed by atoms with Gasteiger partial charge in [0.1, 0.15) is 5.16 Å². The van der Waals surface area contributed by atoms with E-state index in [-0.39, 0.29) is 11.8 Å². The predicted octanol–water partition coefficient (Wildman–Crippen LogP) is 5.53. The summed E-state index contributed by atoms with van der Waals surface area (Å²) in [5, 5.41) is -0.971. The Labute approximate surface area is 146 Å². The van der Waals surface area contributed by atoms with Gasteiger partial charge >= 0.3 is 7.60 Å². The second-order valence-electron chi connectivity index (χ2n) is 7.91. The normalized spacial score (nSPS) is 21.8. The average molecular weight is 350 g/mol. The maximum absolute atomic E-state index is 13.0. The van der Waals surface area contributed by atoms with Crippen molar-refractivity contribution >= 4 is 7.60 Å². The molecule has 0 saturated heterocycles. The molecule has 0 aromatic heterocycles. The highest BCUT2D eigenvalue weighted by molar-refractivity contribution is 7.53. The van der Waals surface area contributed by atoms with E-state index in [1.165, 1.54) is 12.8 Å². The molecule has 0 radical (unpaired) electrons. The molecule has 134 valence electrons. The molecular formula is C20H31O3P. The van der Waals surface area contributed by atoms with Gasteiger partial charge in [0, 0.05) is 0 Å². The number of hydrogen-bond acceptors (Lipinski definition) is 1. The molecule has 1 aromatic rings. The van der Waals surface area contributed by atoms with E-state index in [0.717, 1.165) is 62.5 Å². The van der Waals surface area contributed by atoms with Crippen molar-refractivity contribution in [2.24, 2.45) is 11.8 Å². The van der Waals surface area contributed by atoms with Crippen molar-refractivity contribution in [1.29, 1.82) is 0 Å². The first-order chi connectivity index (χ1) is 11.5. The minimum atomic E-state index is -4.28. The van der Waals surface area contributed by atoms with Gasteiger partial charge in [-0.05, 0) is 50.0 Å². The molecule has 0 bridgehead atoms. The third kappa shape index (κ3) is 3.23. The van der Waals surface area contributed by atoms with E-state index < -0.39 is 12.8 Å². The first-order valence-corrected chi connectivity index (χ1v) is 11.2. The zero-order chi connectivity index (χ0) is 17.2. The van der Waals surface area contributed by atoms with Gasteiger partial charge in [-0.3, -0.25) is 4.57 Å². The van der Waals surface area contributed by atoms with Crippen LogP contribution in [-0.2, 0) is 9.72 Å². The van der Waals surface area contributed by atoms with Crippen LogP contribution in [-0.4, -0.2) is 9.79 Å². The molecule has 24 heavy (non-hydrogen) atoms. The lowest BCUT2D eigenvalue weighted by Crippen LogP contribution is -2.44. The van der Waals surface area contributed by atoms with Gasteiger partial charge in [-0.2, -0.15) is 0 Å². The SMILES string of the molecule is Cc1ccc(C(C2CCCCC2)(C2CCCCC2)P(=O)(O)O)cc1. The van der Waals surface area contributed by atoms with Crippen molar-refractivity contribution in [2.75, 3.05) is 0 Å². The second-order valence-corrected chi connectivity index (χ2v) is 9.73. The van der Waals surface area contributed by atoms with E-state index in [0.29, 0.717) is 0 Å². The van der Waals surface area contributed by atoms with Crippen LogP contribution in [0.2, 0.25) is 0 Å². The fourth-order valence-corrected chi connectivity index (χ4v) is 7.31. The predicted molar refractivity (Wildman–Crippen MR) is 98.1 cm³/mol. The molecule has 0 amide bonds. The van der Waals surface area contributed by atoms with E-state index >= 15 is 0 Å². The van der Waals surface area contributed by atoms with E-state index in [1.54, 1.807) is 0 Å². The molecule has 3 rings (SSSR count). The molecular weight excluding hydrogens is 319 g/mol. The maximum Gasteiger partial charge on any atom is 0.336 e. The summed E-state index contributed by atoms with van der Waals surface area (Å²) in [6.07, 6.45) is 10.6. The number of aryl methyl sites for hydroxylation is 1. The zero-order valence-electron chi connectivity index (χ0n) is 14.8. The fraction of sp³-hybridized carbons (Fsp3) is 0.700. The van der Waals surface area contributed by atoms with Gasteiger partial charge in [-0.1, -0.05) is 68.4 Å². The lowest BCUT2D eigenvalue weighted by Gasteiger charge is -2.49. The number of hydrogen-bond donors (Lipinski definition) is 2. The van der Waals surface area contributed by atoms with Crippen LogP contribution in [0.15, 0.2) is 24.3 Å². The lowest BCUT2D eigenvalue weighted by atomic mass is 9.66. The Kier molecular flexibility index (Phi) is 5.54. The van der Waals surface area contributed by atoms with Crippen molar-refractivity contribution in [3.63, 3.8) is 0 Å². The molecule has 0 heterocycles. The van der Waals surface area contributed by atoms with Crippen LogP contribution in [0.5, 0.6) is 0 Å². The monoisotopic (exact) mass is 350 g/mol. The van der Waals surface area contributed by atoms with E-state index in [2.05, 4.69) is 0 Å². The fourth-order valence-electron chi connectivity index (χ4n) is 5.35. The van der Waals surface area contributed by atoms with Crippen LogP contribution in [0, 0.1) is 18.8 Å². The topological polar surface area (TPSA) is 57.5 Å². The van der Waals surface area contributed by atoms with Crippen molar-refractivity contribution in [3.05, 3.63) is 35.4 Å². The van der Waals surface area contributed by atoms with E-state index in [1.807, 2.05) is 31.2 Å². The Bertz CT molecular complexity index is 559. The van der Waals surface area contributed by atoms with Gasteiger partial charge in [0.15, 0.2) is 0 Å². The van der Waals surface area contributed by atoms with Gasteiger partial charge in [-0.25, -0.2) is 0 Å². The Balaban J connectivity index is 2.14. The smallest absolute Gasteiger partial charge is 0.324 e. The Morgan fingerprint density at radius 1 is 0.833 bits per heavy atom. The van der Waals surface area contributed by atoms with Crippen molar-refractivity contribution in [2.45, 2.75) is 76.3 Å². The minimum absolute atomic E-state index is 0.109. The molecule has 4 heteroatoms. The molecule has 2 aliphatic rings. The van der Waals surface area contributed by atoms with Crippen molar-refractivity contribution in [3.8, 4) is 0 Å². The molecule has 0 atom stereocenters. The summed E-state index contributed by atoms with van der Waals surface area (Å²) in [5.74, 6) is 0.218. The molecule has 0 aliphatic heterocycles. The zero-order valence-corrected chi connectivity index (χ0v) is 15.7. The molecule has 2 fully saturated rings. The maximum atomic E-state index is 13.0. The largest absolute Gasteiger partial charge is 0.336 e. The highest BCUT2D eigenvalue weighted by atomic mass is 31.2. The molecule has 0 spiro atoms. The molecule has 0 unspecified atom stereocenters. The van der Waals surface area contributed by atoms with Crippen LogP contribution < -0.4 is 0 Å². The van der Waals surface area contributed by atoms with E-state index in [4.69, 9.17) is 0 Å². The summed E-state index contributed by atoms with van der Waals surface area (Å²) in [5.41, 5.74) is 2.03. The van der Waals surface area contributed by atoms with Gasteiger partial charge in [0.05, 0.1) is 0 Å². The molecule has 2 saturated carbocycles. The van der Waals surface area contributed by atoms with E-state index in [9.17, 15) is 14.4 Å². The standard InChI is InChI=1S/C20H31O3P/c1-16-12-14-19(15-13-16)20(24(21,22)23,17-8-4-2-5-9-17)18-10-6-3-7-11-18/h12-15,17-18H,2-11H2,1H3,(H2,21,22,23). The number of benzene rings is 1. The third-order valence-corrected chi connectivity index (χ3v) is 8.40. The molecule has 2 aliphatic carbocycles. The summed E-state index contributed by atoms with van der Waals surface area (Å²) >= 11 is 0. The van der Waals surface area contributed by atoms with Crippen LogP contribution in [0.4, 0.5) is 0 Å². The van der Waals surface area contributed by atoms with Crippen LogP contribution in [0.1, 0.15) is 75.3 Å². The lowest BCUT2D eigenvalue weighted by molar-refractivity contribution is 0.135. The van der Waals surface area contributed by atoms with Gasteiger partial charge in [0.25, 0.3) is 0 Å². The first-order valence-electron chi connectivity index (χ1n) is 9.59. The Hall–Kier alpha value is -0.630. The molecule has 3 nitrogen and oxygen atoms in total. The highest BCUT2D eigenvalue weighted by Crippen LogP contribution is 2.69. The van der Waals surface area contributed by atoms with Gasteiger partial charge in [0.2, 0.25) is 0 Å². The third-order valence-electron chi connectivity index (χ3n) is 6.45. The van der Waals surface area contributed by atoms with Crippen molar-refractivity contribution in [1.82, 2.24) is 0 Å². The summed E-state index contributed by atoms with van der Waals surface area (Å²) in [7, 11) is -4.28. The summed E-state index contributed by atoms with van der Waals surface area (Å²) < 4.78 is 13.0. The summed E-state index contributed by atoms with van der Waals surface area (Å²) in [6, 6.07) is 8.03. The quantitative estimate of drug-likeness (QED) is 0.702. The summed E-state index contributed by atoms with van der Waals surface area (Å²) in [4.78, 5) is 21.3. The average Bonchev–Trinajstić information content (AvgIpc) is 2.58. The molecule has 2 N–H and O–H groups in total. The van der Waals surface area contributed by atoms with Crippen LogP contribution in [0.3, 0.4) is 0 Å². The Morgan fingerprint density at radius 2 is 1.25 bits per heavy atom. The number of rotatable bonds is 4. The van der Waals surface area contributed by atoms with Gasteiger partial charge in [-0.15, -0.1) is 0 Å². The highest BCUT2D eigenvalue weighted by Gasteiger charge is 2.58. The first kappa shape index (κ1) is 18.2. The van der Waals surface area contributed by atoms with Crippen LogP contribution in [0.25, 0.3) is 0 Å². The van der Waals surface area contributed by atoms with Gasteiger partial charge < -0.3 is 9.79 Å². The molecule has 1 aromatic carbocycles. The second kappa shape index (κ2) is 7.32. The Morgan fingerprint density at radius 3 is 1.62 bits per heavy atom. The van der Waals surface area contributed by atoms with Crippen molar-refractivity contribution < 1.29 is 14.4 Å². The van der Waals surface area contributed by atoms with Crippen LogP contribution >= 0.6 is 7.60 Å². The minimum Gasteiger partial charge on any atom is -0.324 e. The summed E-state index contributed by atoms with van der Waals surface area (Å²) in [6.45, 7) is 2.03.